The maximum atomic E-state index is 6.36. The van der Waals surface area contributed by atoms with Crippen molar-refractivity contribution < 1.29 is 8.54 Å². The fraction of sp³-hybridized carbons (Fsp3) is 1.00. The fourth-order valence-corrected chi connectivity index (χ4v) is 10.1. The Hall–Kier alpha value is 0.354. The molecule has 0 saturated carbocycles. The molecule has 0 aliphatic heterocycles. The molecule has 0 aromatic rings. The summed E-state index contributed by atoms with van der Waals surface area (Å²) >= 11 is 0. The molecule has 0 spiro atoms. The van der Waals surface area contributed by atoms with Gasteiger partial charge < -0.3 is 8.54 Å². The van der Waals surface area contributed by atoms with Gasteiger partial charge in [-0.15, -0.1) is 0 Å². The molecule has 0 aromatic heterocycles. The van der Waals surface area contributed by atoms with Crippen LogP contribution < -0.4 is 0 Å². The van der Waals surface area contributed by atoms with E-state index in [1.165, 1.54) is 12.8 Å². The topological polar surface area (TPSA) is 18.5 Å². The van der Waals surface area contributed by atoms with E-state index in [2.05, 4.69) is 53.9 Å². The number of hydrogen-bond donors (Lipinski definition) is 0. The zero-order chi connectivity index (χ0) is 13.0. The summed E-state index contributed by atoms with van der Waals surface area (Å²) < 4.78 is 12.6. The van der Waals surface area contributed by atoms with Gasteiger partial charge >= 0.3 is 8.56 Å². The second kappa shape index (κ2) is 5.80. The van der Waals surface area contributed by atoms with Crippen LogP contribution in [-0.4, -0.2) is 22.5 Å². The third kappa shape index (κ3) is 8.50. The molecule has 16 heavy (non-hydrogen) atoms. The molecule has 4 heteroatoms. The Kier molecular flexibility index (Phi) is 5.93. The fourth-order valence-electron chi connectivity index (χ4n) is 1.92. The summed E-state index contributed by atoms with van der Waals surface area (Å²) in [4.78, 5) is 0. The summed E-state index contributed by atoms with van der Waals surface area (Å²) in [5, 5.41) is 0. The molecule has 1 unspecified atom stereocenters. The molecule has 0 radical (unpaired) electrons. The second-order valence-electron chi connectivity index (χ2n) is 6.67. The van der Waals surface area contributed by atoms with E-state index in [4.69, 9.17) is 8.54 Å². The molecule has 0 aromatic carbocycles. The van der Waals surface area contributed by atoms with Gasteiger partial charge in [0, 0.05) is 0 Å². The van der Waals surface area contributed by atoms with Crippen LogP contribution in [-0.2, 0) is 8.54 Å². The first-order valence-electron chi connectivity index (χ1n) is 6.38. The van der Waals surface area contributed by atoms with Crippen molar-refractivity contribution in [2.75, 3.05) is 0 Å². The highest BCUT2D eigenvalue weighted by molar-refractivity contribution is 6.81. The minimum Gasteiger partial charge on any atom is -0.436 e. The van der Waals surface area contributed by atoms with E-state index in [-0.39, 0.29) is 5.60 Å². The molecule has 0 heterocycles. The minimum atomic E-state index is -1.98. The third-order valence-electron chi connectivity index (χ3n) is 2.03. The van der Waals surface area contributed by atoms with Crippen LogP contribution >= 0.6 is 0 Å². The molecule has 2 nitrogen and oxygen atoms in total. The quantitative estimate of drug-likeness (QED) is 0.655. The van der Waals surface area contributed by atoms with Gasteiger partial charge in [-0.1, -0.05) is 19.8 Å². The van der Waals surface area contributed by atoms with Crippen LogP contribution in [0.25, 0.3) is 0 Å². The molecule has 0 saturated heterocycles. The molecular weight excluding hydrogens is 232 g/mol. The summed E-state index contributed by atoms with van der Waals surface area (Å²) in [5.41, 5.74) is -0.0889. The molecule has 0 rings (SSSR count). The van der Waals surface area contributed by atoms with E-state index < -0.39 is 16.9 Å². The van der Waals surface area contributed by atoms with Crippen LogP contribution in [0.15, 0.2) is 0 Å². The average Bonchev–Trinajstić information content (AvgIpc) is 1.93. The highest BCUT2D eigenvalue weighted by Gasteiger charge is 2.39. The molecule has 0 fully saturated rings. The van der Waals surface area contributed by atoms with Crippen LogP contribution in [0, 0.1) is 0 Å². The standard InChI is InChI=1S/C12H30O2Si2/c1-9-10-11-16(8,13-12(2,3)4)14-15(5,6)7/h9-11H2,1-8H3. The predicted molar refractivity (Wildman–Crippen MR) is 76.6 cm³/mol. The first kappa shape index (κ1) is 16.4. The summed E-state index contributed by atoms with van der Waals surface area (Å²) in [6.07, 6.45) is 2.43. The smallest absolute Gasteiger partial charge is 0.325 e. The van der Waals surface area contributed by atoms with E-state index in [1.807, 2.05) is 0 Å². The lowest BCUT2D eigenvalue weighted by Gasteiger charge is -2.38. The molecule has 0 N–H and O–H groups in total. The highest BCUT2D eigenvalue weighted by atomic mass is 28.4. The monoisotopic (exact) mass is 262 g/mol. The molecule has 1 atom stereocenters. The molecule has 98 valence electrons. The Bertz CT molecular complexity index is 188. The highest BCUT2D eigenvalue weighted by Crippen LogP contribution is 2.26. The van der Waals surface area contributed by atoms with Crippen molar-refractivity contribution >= 4 is 16.9 Å². The summed E-state index contributed by atoms with van der Waals surface area (Å²) in [5.74, 6) is 0. The number of unbranched alkanes of at least 4 members (excludes halogenated alkanes) is 1. The van der Waals surface area contributed by atoms with Crippen LogP contribution in [0.5, 0.6) is 0 Å². The van der Waals surface area contributed by atoms with Crippen molar-refractivity contribution in [3.8, 4) is 0 Å². The third-order valence-corrected chi connectivity index (χ3v) is 8.51. The first-order valence-corrected chi connectivity index (χ1v) is 12.3. The van der Waals surface area contributed by atoms with Gasteiger partial charge in [-0.2, -0.15) is 0 Å². The zero-order valence-corrected chi connectivity index (χ0v) is 14.4. The van der Waals surface area contributed by atoms with Crippen molar-refractivity contribution in [2.24, 2.45) is 0 Å². The predicted octanol–water partition coefficient (Wildman–Crippen LogP) is 4.53. The van der Waals surface area contributed by atoms with Crippen molar-refractivity contribution in [3.05, 3.63) is 0 Å². The van der Waals surface area contributed by atoms with Gasteiger partial charge in [0.15, 0.2) is 8.32 Å². The van der Waals surface area contributed by atoms with Crippen molar-refractivity contribution in [3.63, 3.8) is 0 Å². The van der Waals surface area contributed by atoms with Crippen molar-refractivity contribution in [1.29, 1.82) is 0 Å². The Morgan fingerprint density at radius 2 is 1.50 bits per heavy atom. The maximum Gasteiger partial charge on any atom is 0.325 e. The zero-order valence-electron chi connectivity index (χ0n) is 12.4. The first-order chi connectivity index (χ1) is 6.97. The van der Waals surface area contributed by atoms with Gasteiger partial charge in [0.25, 0.3) is 0 Å². The SMILES string of the molecule is CCCC[Si](C)(OC(C)(C)C)O[Si](C)(C)C. The van der Waals surface area contributed by atoms with Crippen molar-refractivity contribution in [1.82, 2.24) is 0 Å². The van der Waals surface area contributed by atoms with E-state index in [0.29, 0.717) is 0 Å². The van der Waals surface area contributed by atoms with Crippen LogP contribution in [0.3, 0.4) is 0 Å². The lowest BCUT2D eigenvalue weighted by atomic mass is 10.2. The minimum absolute atomic E-state index is 0.0889. The van der Waals surface area contributed by atoms with Crippen molar-refractivity contribution in [2.45, 2.75) is 78.4 Å². The summed E-state index contributed by atoms with van der Waals surface area (Å²) in [7, 11) is -3.49. The van der Waals surface area contributed by atoms with Gasteiger partial charge in [-0.05, 0) is 53.0 Å². The summed E-state index contributed by atoms with van der Waals surface area (Å²) in [6.45, 7) is 17.6. The van der Waals surface area contributed by atoms with Gasteiger partial charge in [0.05, 0.1) is 5.60 Å². The molecule has 0 bridgehead atoms. The van der Waals surface area contributed by atoms with Crippen LogP contribution in [0.2, 0.25) is 32.2 Å². The maximum absolute atomic E-state index is 6.36. The van der Waals surface area contributed by atoms with Gasteiger partial charge in [-0.3, -0.25) is 0 Å². The Morgan fingerprint density at radius 3 is 1.81 bits per heavy atom. The van der Waals surface area contributed by atoms with E-state index in [0.717, 1.165) is 6.04 Å². The summed E-state index contributed by atoms with van der Waals surface area (Å²) in [6, 6.07) is 1.12. The van der Waals surface area contributed by atoms with E-state index in [1.54, 1.807) is 0 Å². The van der Waals surface area contributed by atoms with Gasteiger partial charge in [0.1, 0.15) is 0 Å². The van der Waals surface area contributed by atoms with Crippen LogP contribution in [0.4, 0.5) is 0 Å². The Balaban J connectivity index is 4.61. The second-order valence-corrected chi connectivity index (χ2v) is 14.7. The average molecular weight is 263 g/mol. The Morgan fingerprint density at radius 1 is 1.00 bits per heavy atom. The largest absolute Gasteiger partial charge is 0.436 e. The lowest BCUT2D eigenvalue weighted by Crippen LogP contribution is -2.50. The lowest BCUT2D eigenvalue weighted by molar-refractivity contribution is 0.0891. The molecule has 0 aliphatic rings. The van der Waals surface area contributed by atoms with E-state index in [9.17, 15) is 0 Å². The normalized spacial score (nSPS) is 17.2. The van der Waals surface area contributed by atoms with Gasteiger partial charge in [-0.25, -0.2) is 0 Å². The number of rotatable bonds is 6. The Labute approximate surface area is 104 Å². The van der Waals surface area contributed by atoms with Crippen LogP contribution in [0.1, 0.15) is 40.5 Å². The molecule has 0 amide bonds. The molecule has 0 aliphatic carbocycles. The molecular formula is C12H30O2Si2. The number of hydrogen-bond acceptors (Lipinski definition) is 2. The van der Waals surface area contributed by atoms with Gasteiger partial charge in [0.2, 0.25) is 0 Å². The van der Waals surface area contributed by atoms with E-state index >= 15 is 0 Å².